The van der Waals surface area contributed by atoms with Gasteiger partial charge in [0, 0.05) is 37.2 Å². The Kier molecular flexibility index (Phi) is 16.4. The zero-order valence-corrected chi connectivity index (χ0v) is 29.1. The van der Waals surface area contributed by atoms with Crippen molar-refractivity contribution in [3.05, 3.63) is 60.8 Å². The molecule has 0 saturated carbocycles. The van der Waals surface area contributed by atoms with Gasteiger partial charge in [0.1, 0.15) is 29.2 Å². The van der Waals surface area contributed by atoms with E-state index in [1.807, 2.05) is 34.7 Å². The van der Waals surface area contributed by atoms with Crippen LogP contribution in [-0.2, 0) is 20.5 Å². The second-order valence-electron chi connectivity index (χ2n) is 10.5. The number of likely N-dealkylation sites (N-methyl/N-ethyl adjacent to an activating group) is 2. The number of carbonyl (C=O) groups is 2. The smallest absolute Gasteiger partial charge is 0.421 e. The van der Waals surface area contributed by atoms with Crippen molar-refractivity contribution in [2.24, 2.45) is 5.92 Å². The second-order valence-corrected chi connectivity index (χ2v) is 10.5. The number of ether oxygens (including phenoxy) is 2. The maximum absolute atomic E-state index is 13.8. The van der Waals surface area contributed by atoms with Gasteiger partial charge >= 0.3 is 6.18 Å². The molecule has 12 nitrogen and oxygen atoms in total. The number of benzene rings is 1. The summed E-state index contributed by atoms with van der Waals surface area (Å²) < 4.78 is 51.4. The molecule has 3 aromatic rings. The average Bonchev–Trinajstić information content (AvgIpc) is 3.52. The molecule has 15 heteroatoms. The predicted molar refractivity (Wildman–Crippen MR) is 187 cm³/mol. The van der Waals surface area contributed by atoms with Crippen molar-refractivity contribution in [2.45, 2.75) is 46.3 Å². The van der Waals surface area contributed by atoms with Crippen LogP contribution in [0.1, 0.15) is 39.7 Å². The molecule has 1 unspecified atom stereocenters. The van der Waals surface area contributed by atoms with Crippen LogP contribution in [0, 0.1) is 5.92 Å². The van der Waals surface area contributed by atoms with Crippen LogP contribution in [0.5, 0.6) is 5.88 Å². The van der Waals surface area contributed by atoms with Crippen LogP contribution in [0.3, 0.4) is 0 Å². The van der Waals surface area contributed by atoms with Crippen molar-refractivity contribution in [3.63, 3.8) is 0 Å². The summed E-state index contributed by atoms with van der Waals surface area (Å²) in [5.41, 5.74) is -0.0256. The minimum absolute atomic E-state index is 0.0970. The number of anilines is 6. The molecule has 1 aromatic carbocycles. The van der Waals surface area contributed by atoms with Gasteiger partial charge in [-0.25, -0.2) is 4.98 Å². The standard InChI is InChI=1S/C26H29F3N8O2.C4H6O2.2C2H6/c1-5-22(38)31-16-7-6-8-17(13-16)32-23-19(26(27,28)29)14-30-25(35-23)33-20-9-10-21(34-24(20)39-4)37(3)18-11-12-36(2)15-18;5-1-4-2-6-3-4;2*1-2/h5-10,13-14,18H,1,11-12,15H2,2-4H3,(H,31,38)(H2,30,32,33,35);1,4H,2-3H2;2*1-2H3. The van der Waals surface area contributed by atoms with Crippen molar-refractivity contribution in [2.75, 3.05) is 68.4 Å². The third-order valence-corrected chi connectivity index (χ3v) is 7.09. The van der Waals surface area contributed by atoms with E-state index in [4.69, 9.17) is 9.47 Å². The lowest BCUT2D eigenvalue weighted by molar-refractivity contribution is -0.137. The fraction of sp³-hybridized carbons (Fsp3) is 0.441. The highest BCUT2D eigenvalue weighted by atomic mass is 19.4. The first-order valence-electron chi connectivity index (χ1n) is 16.0. The molecular weight excluding hydrogens is 641 g/mol. The number of likely N-dealkylation sites (tertiary alicyclic amines) is 1. The fourth-order valence-electron chi connectivity index (χ4n) is 4.50. The first-order chi connectivity index (χ1) is 23.5. The molecular formula is C34H47F3N8O4. The number of methoxy groups -OCH3 is 1. The van der Waals surface area contributed by atoms with Gasteiger partial charge in [-0.2, -0.15) is 23.1 Å². The Bertz CT molecular complexity index is 1500. The Balaban J connectivity index is 0.000000730. The maximum atomic E-state index is 13.8. The Morgan fingerprint density at radius 3 is 2.33 bits per heavy atom. The summed E-state index contributed by atoms with van der Waals surface area (Å²) in [6.45, 7) is 14.6. The number of alkyl halides is 3. The molecule has 2 fully saturated rings. The predicted octanol–water partition coefficient (Wildman–Crippen LogP) is 6.54. The van der Waals surface area contributed by atoms with Crippen molar-refractivity contribution in [1.82, 2.24) is 19.9 Å². The molecule has 268 valence electrons. The minimum Gasteiger partial charge on any atom is -0.479 e. The van der Waals surface area contributed by atoms with E-state index >= 15 is 0 Å². The number of hydrogen-bond donors (Lipinski definition) is 3. The number of nitrogens with zero attached hydrogens (tertiary/aromatic N) is 5. The number of rotatable bonds is 10. The topological polar surface area (TPSA) is 134 Å². The summed E-state index contributed by atoms with van der Waals surface area (Å²) in [4.78, 5) is 38.2. The SMILES string of the molecule is C=CC(=O)Nc1cccc(Nc2nc(Nc3ccc(N(C)C4CCN(C)C4)nc3OC)ncc2C(F)(F)F)c1.CC.CC.O=CC1COC1. The molecule has 5 rings (SSSR count). The third kappa shape index (κ3) is 12.0. The monoisotopic (exact) mass is 688 g/mol. The molecule has 2 saturated heterocycles. The highest BCUT2D eigenvalue weighted by Gasteiger charge is 2.35. The molecule has 3 N–H and O–H groups in total. The minimum atomic E-state index is -4.71. The fourth-order valence-corrected chi connectivity index (χ4v) is 4.50. The maximum Gasteiger partial charge on any atom is 0.421 e. The number of aldehydes is 1. The summed E-state index contributed by atoms with van der Waals surface area (Å²) in [5, 5.41) is 8.14. The Morgan fingerprint density at radius 1 is 1.10 bits per heavy atom. The van der Waals surface area contributed by atoms with Gasteiger partial charge in [0.15, 0.2) is 0 Å². The zero-order valence-electron chi connectivity index (χ0n) is 29.1. The molecule has 2 aromatic heterocycles. The van der Waals surface area contributed by atoms with Gasteiger partial charge in [-0.05, 0) is 56.4 Å². The molecule has 0 bridgehead atoms. The Morgan fingerprint density at radius 2 is 1.80 bits per heavy atom. The second kappa shape index (κ2) is 19.9. The molecule has 49 heavy (non-hydrogen) atoms. The summed E-state index contributed by atoms with van der Waals surface area (Å²) in [7, 11) is 5.49. The first kappa shape index (κ1) is 40.4. The summed E-state index contributed by atoms with van der Waals surface area (Å²) >= 11 is 0. The van der Waals surface area contributed by atoms with Crippen LogP contribution in [0.25, 0.3) is 0 Å². The average molecular weight is 689 g/mol. The highest BCUT2D eigenvalue weighted by Crippen LogP contribution is 2.36. The van der Waals surface area contributed by atoms with E-state index in [-0.39, 0.29) is 23.4 Å². The molecule has 4 heterocycles. The van der Waals surface area contributed by atoms with Crippen molar-refractivity contribution >= 4 is 46.8 Å². The van der Waals surface area contributed by atoms with Gasteiger partial charge < -0.3 is 40.0 Å². The van der Waals surface area contributed by atoms with Gasteiger partial charge in [-0.15, -0.1) is 0 Å². The molecule has 0 radical (unpaired) electrons. The Labute approximate surface area is 286 Å². The number of nitrogens with one attached hydrogen (secondary N) is 3. The molecule has 0 aliphatic carbocycles. The van der Waals surface area contributed by atoms with Crippen molar-refractivity contribution in [1.29, 1.82) is 0 Å². The van der Waals surface area contributed by atoms with Gasteiger partial charge in [0.25, 0.3) is 0 Å². The van der Waals surface area contributed by atoms with Crippen LogP contribution >= 0.6 is 0 Å². The molecule has 1 amide bonds. The lowest BCUT2D eigenvalue weighted by Gasteiger charge is -2.26. The largest absolute Gasteiger partial charge is 0.479 e. The van der Waals surface area contributed by atoms with Crippen LogP contribution < -0.4 is 25.6 Å². The number of pyridine rings is 1. The lowest BCUT2D eigenvalue weighted by atomic mass is 10.1. The van der Waals surface area contributed by atoms with Gasteiger partial charge in [0.05, 0.1) is 26.2 Å². The summed E-state index contributed by atoms with van der Waals surface area (Å²) in [6, 6.07) is 10.0. The van der Waals surface area contributed by atoms with E-state index < -0.39 is 23.5 Å². The van der Waals surface area contributed by atoms with E-state index in [9.17, 15) is 22.8 Å². The first-order valence-corrected chi connectivity index (χ1v) is 16.0. The van der Waals surface area contributed by atoms with E-state index in [1.165, 1.54) is 13.2 Å². The van der Waals surface area contributed by atoms with Crippen LogP contribution in [-0.4, -0.2) is 85.6 Å². The molecule has 2 aliphatic heterocycles. The number of hydrogen-bond acceptors (Lipinski definition) is 11. The number of aromatic nitrogens is 3. The van der Waals surface area contributed by atoms with Crippen LogP contribution in [0.15, 0.2) is 55.3 Å². The normalized spacial score (nSPS) is 15.3. The summed E-state index contributed by atoms with van der Waals surface area (Å²) in [5.74, 6) is 0.143. The third-order valence-electron chi connectivity index (χ3n) is 7.09. The van der Waals surface area contributed by atoms with E-state index in [1.54, 1.807) is 30.3 Å². The quantitative estimate of drug-likeness (QED) is 0.159. The molecule has 1 atom stereocenters. The van der Waals surface area contributed by atoms with Crippen LogP contribution in [0.4, 0.5) is 47.8 Å². The van der Waals surface area contributed by atoms with E-state index in [0.717, 1.165) is 31.9 Å². The highest BCUT2D eigenvalue weighted by molar-refractivity contribution is 5.99. The number of halogens is 3. The molecule has 2 aliphatic rings. The van der Waals surface area contributed by atoms with Gasteiger partial charge in [0.2, 0.25) is 17.7 Å². The number of amides is 1. The summed E-state index contributed by atoms with van der Waals surface area (Å²) in [6.07, 6.45) is -0.987. The molecule has 0 spiro atoms. The van der Waals surface area contributed by atoms with E-state index in [0.29, 0.717) is 42.6 Å². The van der Waals surface area contributed by atoms with Gasteiger partial charge in [-0.1, -0.05) is 40.3 Å². The van der Waals surface area contributed by atoms with Gasteiger partial charge in [-0.3, -0.25) is 4.79 Å². The van der Waals surface area contributed by atoms with Crippen molar-refractivity contribution < 1.29 is 32.2 Å². The lowest BCUT2D eigenvalue weighted by Crippen LogP contribution is -2.34. The van der Waals surface area contributed by atoms with Crippen LogP contribution in [0.2, 0.25) is 0 Å². The number of carbonyl (C=O) groups excluding carboxylic acids is 2. The Hall–Kier alpha value is -4.76. The van der Waals surface area contributed by atoms with E-state index in [2.05, 4.69) is 54.3 Å². The zero-order chi connectivity index (χ0) is 36.6. The van der Waals surface area contributed by atoms with Crippen molar-refractivity contribution in [3.8, 4) is 5.88 Å².